The Hall–Kier alpha value is -2.20. The Balaban J connectivity index is 2.28. The molecule has 1 amide bonds. The van der Waals surface area contributed by atoms with Gasteiger partial charge in [-0.25, -0.2) is 4.98 Å². The Morgan fingerprint density at radius 3 is 2.35 bits per heavy atom. The van der Waals surface area contributed by atoms with Crippen molar-refractivity contribution < 1.29 is 10.0 Å². The van der Waals surface area contributed by atoms with Crippen LogP contribution in [0.3, 0.4) is 0 Å². The van der Waals surface area contributed by atoms with Gasteiger partial charge in [-0.1, -0.05) is 30.3 Å². The maximum Gasteiger partial charge on any atom is 0.249 e. The average molecular weight is 228 g/mol. The Morgan fingerprint density at radius 1 is 1.12 bits per heavy atom. The molecule has 0 aliphatic heterocycles. The van der Waals surface area contributed by atoms with Crippen molar-refractivity contribution in [2.45, 2.75) is 6.92 Å². The number of amides is 1. The van der Waals surface area contributed by atoms with E-state index >= 15 is 0 Å². The van der Waals surface area contributed by atoms with E-state index in [1.54, 1.807) is 12.3 Å². The number of aromatic nitrogens is 1. The molecule has 0 atom stereocenters. The van der Waals surface area contributed by atoms with Crippen molar-refractivity contribution in [2.75, 3.05) is 5.06 Å². The minimum Gasteiger partial charge on any atom is -0.280 e. The summed E-state index contributed by atoms with van der Waals surface area (Å²) in [4.78, 5) is 15.0. The molecular weight excluding hydrogens is 216 g/mol. The molecule has 86 valence electrons. The van der Waals surface area contributed by atoms with E-state index in [2.05, 4.69) is 4.98 Å². The zero-order chi connectivity index (χ0) is 12.3. The van der Waals surface area contributed by atoms with Gasteiger partial charge in [-0.3, -0.25) is 10.0 Å². The molecule has 1 aromatic carbocycles. The molecule has 0 saturated carbocycles. The molecule has 0 unspecified atom stereocenters. The number of carbonyl (C=O) groups is 1. The number of hydrogen-bond acceptors (Lipinski definition) is 3. The van der Waals surface area contributed by atoms with E-state index in [0.717, 1.165) is 11.1 Å². The highest BCUT2D eigenvalue weighted by Gasteiger charge is 2.08. The van der Waals surface area contributed by atoms with Gasteiger partial charge in [0.25, 0.3) is 0 Å². The Labute approximate surface area is 99.1 Å². The first-order chi connectivity index (χ1) is 8.18. The molecule has 1 aromatic heterocycles. The first-order valence-corrected chi connectivity index (χ1v) is 5.19. The number of hydroxylamine groups is 1. The van der Waals surface area contributed by atoms with Gasteiger partial charge in [0.2, 0.25) is 5.91 Å². The fourth-order valence-corrected chi connectivity index (χ4v) is 1.47. The molecule has 0 bridgehead atoms. The summed E-state index contributed by atoms with van der Waals surface area (Å²) in [5, 5.41) is 9.90. The van der Waals surface area contributed by atoms with E-state index in [-0.39, 0.29) is 5.82 Å². The van der Waals surface area contributed by atoms with E-state index in [9.17, 15) is 10.0 Å². The molecule has 2 aromatic rings. The number of hydrogen-bond donors (Lipinski definition) is 1. The minimum atomic E-state index is -0.468. The van der Waals surface area contributed by atoms with Gasteiger partial charge in [0.05, 0.1) is 0 Å². The molecule has 1 heterocycles. The van der Waals surface area contributed by atoms with Gasteiger partial charge in [0, 0.05) is 18.7 Å². The number of nitrogens with zero attached hydrogens (tertiary/aromatic N) is 2. The lowest BCUT2D eigenvalue weighted by molar-refractivity contribution is -0.121. The Bertz CT molecular complexity index is 509. The SMILES string of the molecule is CC(=O)N(O)c1ccc(-c2ccccc2)cn1. The van der Waals surface area contributed by atoms with Gasteiger partial charge in [-0.15, -0.1) is 0 Å². The minimum absolute atomic E-state index is 0.220. The quantitative estimate of drug-likeness (QED) is 0.634. The summed E-state index contributed by atoms with van der Waals surface area (Å²) >= 11 is 0. The van der Waals surface area contributed by atoms with Crippen LogP contribution in [-0.4, -0.2) is 16.1 Å². The predicted molar refractivity (Wildman–Crippen MR) is 64.6 cm³/mol. The number of rotatable bonds is 2. The van der Waals surface area contributed by atoms with Crippen LogP contribution in [0.1, 0.15) is 6.92 Å². The van der Waals surface area contributed by atoms with Crippen molar-refractivity contribution in [1.29, 1.82) is 0 Å². The fourth-order valence-electron chi connectivity index (χ4n) is 1.47. The third kappa shape index (κ3) is 2.49. The molecular formula is C13H12N2O2. The highest BCUT2D eigenvalue weighted by Crippen LogP contribution is 2.19. The molecule has 4 heteroatoms. The number of pyridine rings is 1. The number of anilines is 1. The van der Waals surface area contributed by atoms with Crippen LogP contribution in [0, 0.1) is 0 Å². The monoisotopic (exact) mass is 228 g/mol. The van der Waals surface area contributed by atoms with Crippen molar-refractivity contribution in [3.8, 4) is 11.1 Å². The van der Waals surface area contributed by atoms with Crippen molar-refractivity contribution in [3.63, 3.8) is 0 Å². The van der Waals surface area contributed by atoms with E-state index < -0.39 is 5.91 Å². The summed E-state index contributed by atoms with van der Waals surface area (Å²) in [6.07, 6.45) is 1.62. The lowest BCUT2D eigenvalue weighted by atomic mass is 10.1. The third-order valence-corrected chi connectivity index (χ3v) is 2.37. The van der Waals surface area contributed by atoms with Crippen LogP contribution in [0.2, 0.25) is 0 Å². The van der Waals surface area contributed by atoms with Gasteiger partial charge in [0.1, 0.15) is 0 Å². The van der Waals surface area contributed by atoms with E-state index in [1.165, 1.54) is 6.92 Å². The standard InChI is InChI=1S/C13H12N2O2/c1-10(16)15(17)13-8-7-12(9-14-13)11-5-3-2-4-6-11/h2-9,17H,1H3. The Morgan fingerprint density at radius 2 is 1.82 bits per heavy atom. The summed E-state index contributed by atoms with van der Waals surface area (Å²) < 4.78 is 0. The summed E-state index contributed by atoms with van der Waals surface area (Å²) in [6.45, 7) is 1.27. The molecule has 0 aliphatic rings. The van der Waals surface area contributed by atoms with Gasteiger partial charge in [0.15, 0.2) is 5.82 Å². The van der Waals surface area contributed by atoms with Crippen molar-refractivity contribution >= 4 is 11.7 Å². The smallest absolute Gasteiger partial charge is 0.249 e. The van der Waals surface area contributed by atoms with Gasteiger partial charge in [-0.2, -0.15) is 5.06 Å². The largest absolute Gasteiger partial charge is 0.280 e. The lowest BCUT2D eigenvalue weighted by Gasteiger charge is -2.11. The van der Waals surface area contributed by atoms with E-state index in [4.69, 9.17) is 0 Å². The van der Waals surface area contributed by atoms with E-state index in [0.29, 0.717) is 5.06 Å². The van der Waals surface area contributed by atoms with Crippen LogP contribution in [0.25, 0.3) is 11.1 Å². The van der Waals surface area contributed by atoms with Gasteiger partial charge < -0.3 is 0 Å². The topological polar surface area (TPSA) is 53.4 Å². The molecule has 1 N–H and O–H groups in total. The van der Waals surface area contributed by atoms with Gasteiger partial charge >= 0.3 is 0 Å². The van der Waals surface area contributed by atoms with E-state index in [1.807, 2.05) is 36.4 Å². The number of carbonyl (C=O) groups excluding carboxylic acids is 1. The first kappa shape index (κ1) is 11.3. The highest BCUT2D eigenvalue weighted by molar-refractivity contribution is 5.88. The van der Waals surface area contributed by atoms with Crippen molar-refractivity contribution in [2.24, 2.45) is 0 Å². The molecule has 0 fully saturated rings. The zero-order valence-electron chi connectivity index (χ0n) is 9.37. The van der Waals surface area contributed by atoms with Gasteiger partial charge in [-0.05, 0) is 17.7 Å². The molecule has 0 aliphatic carbocycles. The molecule has 17 heavy (non-hydrogen) atoms. The Kier molecular flexibility index (Phi) is 3.16. The van der Waals surface area contributed by atoms with Crippen molar-refractivity contribution in [3.05, 3.63) is 48.7 Å². The molecule has 4 nitrogen and oxygen atoms in total. The summed E-state index contributed by atoms with van der Waals surface area (Å²) in [6, 6.07) is 13.2. The zero-order valence-corrected chi connectivity index (χ0v) is 9.37. The van der Waals surface area contributed by atoms with Crippen LogP contribution in [-0.2, 0) is 4.79 Å². The van der Waals surface area contributed by atoms with Crippen LogP contribution in [0.5, 0.6) is 0 Å². The summed E-state index contributed by atoms with van der Waals surface area (Å²) in [5.41, 5.74) is 1.98. The molecule has 0 saturated heterocycles. The fraction of sp³-hybridized carbons (Fsp3) is 0.0769. The summed E-state index contributed by atoms with van der Waals surface area (Å²) in [7, 11) is 0. The van der Waals surface area contributed by atoms with Crippen molar-refractivity contribution in [1.82, 2.24) is 4.98 Å². The van der Waals surface area contributed by atoms with Crippen LogP contribution < -0.4 is 5.06 Å². The second kappa shape index (κ2) is 4.76. The highest BCUT2D eigenvalue weighted by atomic mass is 16.5. The normalized spacial score (nSPS) is 10.0. The second-order valence-corrected chi connectivity index (χ2v) is 3.60. The van der Waals surface area contributed by atoms with Crippen LogP contribution >= 0.6 is 0 Å². The average Bonchev–Trinajstić information content (AvgIpc) is 2.39. The third-order valence-electron chi connectivity index (χ3n) is 2.37. The van der Waals surface area contributed by atoms with Crippen LogP contribution in [0.15, 0.2) is 48.7 Å². The molecule has 0 spiro atoms. The van der Waals surface area contributed by atoms with Crippen LogP contribution in [0.4, 0.5) is 5.82 Å². The second-order valence-electron chi connectivity index (χ2n) is 3.60. The first-order valence-electron chi connectivity index (χ1n) is 5.19. The predicted octanol–water partition coefficient (Wildman–Crippen LogP) is 2.49. The maximum atomic E-state index is 10.9. The maximum absolute atomic E-state index is 10.9. The lowest BCUT2D eigenvalue weighted by Crippen LogP contribution is -2.24. The molecule has 2 rings (SSSR count). The molecule has 0 radical (unpaired) electrons. The number of benzene rings is 1. The summed E-state index contributed by atoms with van der Waals surface area (Å²) in [5.74, 6) is -0.248.